The van der Waals surface area contributed by atoms with Crippen molar-refractivity contribution in [3.63, 3.8) is 0 Å². The third kappa shape index (κ3) is 1.70. The van der Waals surface area contributed by atoms with Crippen molar-refractivity contribution < 1.29 is 0 Å². The fraction of sp³-hybridized carbons (Fsp3) is 1.00. The molecule has 1 rings (SSSR count). The summed E-state index contributed by atoms with van der Waals surface area (Å²) in [4.78, 5) is 2.37. The molecule has 1 aliphatic rings. The van der Waals surface area contributed by atoms with Crippen molar-refractivity contribution >= 4 is 0 Å². The molecule has 0 amide bonds. The molecule has 0 radical (unpaired) electrons. The number of nitrogens with zero attached hydrogens (tertiary/aromatic N) is 1. The topological polar surface area (TPSA) is 29.3 Å². The van der Waals surface area contributed by atoms with E-state index >= 15 is 0 Å². The molecule has 2 nitrogen and oxygen atoms in total. The Labute approximate surface area is 63.4 Å². The fourth-order valence-corrected chi connectivity index (χ4v) is 1.75. The number of likely N-dealkylation sites (tertiary alicyclic amines) is 1. The van der Waals surface area contributed by atoms with Crippen molar-refractivity contribution in [2.45, 2.75) is 19.8 Å². The predicted octanol–water partition coefficient (Wildman–Crippen LogP) is 0.677. The highest BCUT2D eigenvalue weighted by Gasteiger charge is 2.27. The molecule has 0 saturated carbocycles. The minimum absolute atomic E-state index is 0.396. The maximum atomic E-state index is 5.67. The SMILES string of the molecule is CN1CCCC(C)(CN)C1. The summed E-state index contributed by atoms with van der Waals surface area (Å²) in [6.45, 7) is 5.53. The molecule has 0 aromatic carbocycles. The zero-order valence-corrected chi connectivity index (χ0v) is 7.06. The van der Waals surface area contributed by atoms with Crippen LogP contribution in [-0.2, 0) is 0 Å². The van der Waals surface area contributed by atoms with Crippen molar-refractivity contribution in [2.24, 2.45) is 11.1 Å². The van der Waals surface area contributed by atoms with Gasteiger partial charge in [0, 0.05) is 6.54 Å². The van der Waals surface area contributed by atoms with Crippen LogP contribution in [0.4, 0.5) is 0 Å². The van der Waals surface area contributed by atoms with Gasteiger partial charge in [-0.1, -0.05) is 6.92 Å². The van der Waals surface area contributed by atoms with Crippen LogP contribution in [0.5, 0.6) is 0 Å². The van der Waals surface area contributed by atoms with Gasteiger partial charge in [0.15, 0.2) is 0 Å². The second kappa shape index (κ2) is 2.89. The van der Waals surface area contributed by atoms with Crippen molar-refractivity contribution in [3.05, 3.63) is 0 Å². The van der Waals surface area contributed by atoms with Gasteiger partial charge < -0.3 is 10.6 Å². The molecule has 1 fully saturated rings. The van der Waals surface area contributed by atoms with Crippen LogP contribution in [0.25, 0.3) is 0 Å². The number of rotatable bonds is 1. The Bertz CT molecular complexity index is 114. The average Bonchev–Trinajstić information content (AvgIpc) is 1.88. The zero-order chi connectivity index (χ0) is 7.61. The summed E-state index contributed by atoms with van der Waals surface area (Å²) in [5.41, 5.74) is 6.07. The van der Waals surface area contributed by atoms with E-state index < -0.39 is 0 Å². The highest BCUT2D eigenvalue weighted by molar-refractivity contribution is 4.82. The largest absolute Gasteiger partial charge is 0.330 e. The number of hydrogen-bond donors (Lipinski definition) is 1. The quantitative estimate of drug-likeness (QED) is 0.583. The van der Waals surface area contributed by atoms with Crippen LogP contribution >= 0.6 is 0 Å². The van der Waals surface area contributed by atoms with Gasteiger partial charge in [-0.05, 0) is 38.4 Å². The van der Waals surface area contributed by atoms with Crippen molar-refractivity contribution in [3.8, 4) is 0 Å². The molecule has 60 valence electrons. The number of hydrogen-bond acceptors (Lipinski definition) is 2. The smallest absolute Gasteiger partial charge is 0.00444 e. The van der Waals surface area contributed by atoms with E-state index in [1.165, 1.54) is 25.9 Å². The van der Waals surface area contributed by atoms with Crippen LogP contribution in [0.15, 0.2) is 0 Å². The van der Waals surface area contributed by atoms with Crippen LogP contribution in [0.3, 0.4) is 0 Å². The molecule has 2 heteroatoms. The maximum Gasteiger partial charge on any atom is 0.00444 e. The molecule has 1 unspecified atom stereocenters. The first-order chi connectivity index (χ1) is 4.66. The van der Waals surface area contributed by atoms with Crippen LogP contribution in [0.2, 0.25) is 0 Å². The standard InChI is InChI=1S/C8H18N2/c1-8(6-9)4-3-5-10(2)7-8/h3-7,9H2,1-2H3. The molecule has 1 heterocycles. The lowest BCUT2D eigenvalue weighted by Gasteiger charge is -2.37. The van der Waals surface area contributed by atoms with E-state index in [1.54, 1.807) is 0 Å². The molecule has 0 aromatic rings. The number of piperidine rings is 1. The minimum Gasteiger partial charge on any atom is -0.330 e. The summed E-state index contributed by atoms with van der Waals surface area (Å²) in [6.07, 6.45) is 2.61. The zero-order valence-electron chi connectivity index (χ0n) is 7.06. The molecule has 0 bridgehead atoms. The normalized spacial score (nSPS) is 36.3. The van der Waals surface area contributed by atoms with Gasteiger partial charge in [-0.15, -0.1) is 0 Å². The highest BCUT2D eigenvalue weighted by Crippen LogP contribution is 2.26. The van der Waals surface area contributed by atoms with Crippen molar-refractivity contribution in [2.75, 3.05) is 26.7 Å². The van der Waals surface area contributed by atoms with E-state index in [9.17, 15) is 0 Å². The molecular formula is C8H18N2. The van der Waals surface area contributed by atoms with Gasteiger partial charge in [0.2, 0.25) is 0 Å². The van der Waals surface area contributed by atoms with Gasteiger partial charge in [-0.3, -0.25) is 0 Å². The molecule has 1 aliphatic heterocycles. The lowest BCUT2D eigenvalue weighted by molar-refractivity contribution is 0.133. The van der Waals surface area contributed by atoms with E-state index in [2.05, 4.69) is 18.9 Å². The van der Waals surface area contributed by atoms with E-state index in [4.69, 9.17) is 5.73 Å². The minimum atomic E-state index is 0.396. The average molecular weight is 142 g/mol. The molecule has 0 aromatic heterocycles. The van der Waals surface area contributed by atoms with E-state index in [-0.39, 0.29) is 0 Å². The molecular weight excluding hydrogens is 124 g/mol. The van der Waals surface area contributed by atoms with Crippen molar-refractivity contribution in [1.82, 2.24) is 4.90 Å². The summed E-state index contributed by atoms with van der Waals surface area (Å²) < 4.78 is 0. The Morgan fingerprint density at radius 3 is 2.70 bits per heavy atom. The number of nitrogens with two attached hydrogens (primary N) is 1. The van der Waals surface area contributed by atoms with Gasteiger partial charge in [-0.25, -0.2) is 0 Å². The highest BCUT2D eigenvalue weighted by atomic mass is 15.1. The van der Waals surface area contributed by atoms with Gasteiger partial charge in [0.1, 0.15) is 0 Å². The summed E-state index contributed by atoms with van der Waals surface area (Å²) in [7, 11) is 2.17. The van der Waals surface area contributed by atoms with E-state index in [1.807, 2.05) is 0 Å². The molecule has 1 atom stereocenters. The Hall–Kier alpha value is -0.0800. The first kappa shape index (κ1) is 8.02. The second-order valence-electron chi connectivity index (χ2n) is 3.86. The summed E-state index contributed by atoms with van der Waals surface area (Å²) >= 11 is 0. The van der Waals surface area contributed by atoms with Crippen LogP contribution in [0.1, 0.15) is 19.8 Å². The lowest BCUT2D eigenvalue weighted by Crippen LogP contribution is -2.43. The van der Waals surface area contributed by atoms with Gasteiger partial charge in [0.05, 0.1) is 0 Å². The van der Waals surface area contributed by atoms with E-state index in [0.717, 1.165) is 6.54 Å². The first-order valence-corrected chi connectivity index (χ1v) is 4.05. The Balaban J connectivity index is 2.45. The summed E-state index contributed by atoms with van der Waals surface area (Å²) in [5.74, 6) is 0. The van der Waals surface area contributed by atoms with Crippen molar-refractivity contribution in [1.29, 1.82) is 0 Å². The van der Waals surface area contributed by atoms with Gasteiger partial charge in [-0.2, -0.15) is 0 Å². The summed E-state index contributed by atoms with van der Waals surface area (Å²) in [6, 6.07) is 0. The first-order valence-electron chi connectivity index (χ1n) is 4.05. The molecule has 2 N–H and O–H groups in total. The monoisotopic (exact) mass is 142 g/mol. The van der Waals surface area contributed by atoms with E-state index in [0.29, 0.717) is 5.41 Å². The third-order valence-corrected chi connectivity index (χ3v) is 2.46. The lowest BCUT2D eigenvalue weighted by atomic mass is 9.82. The Kier molecular flexibility index (Phi) is 2.32. The molecule has 10 heavy (non-hydrogen) atoms. The molecule has 1 saturated heterocycles. The summed E-state index contributed by atoms with van der Waals surface area (Å²) in [5, 5.41) is 0. The fourth-order valence-electron chi connectivity index (χ4n) is 1.75. The maximum absolute atomic E-state index is 5.67. The van der Waals surface area contributed by atoms with Crippen LogP contribution in [0, 0.1) is 5.41 Å². The third-order valence-electron chi connectivity index (χ3n) is 2.46. The Morgan fingerprint density at radius 2 is 2.30 bits per heavy atom. The molecule has 0 spiro atoms. The second-order valence-corrected chi connectivity index (χ2v) is 3.86. The predicted molar refractivity (Wildman–Crippen MR) is 43.9 cm³/mol. The van der Waals surface area contributed by atoms with Crippen LogP contribution in [-0.4, -0.2) is 31.6 Å². The van der Waals surface area contributed by atoms with Gasteiger partial charge >= 0.3 is 0 Å². The van der Waals surface area contributed by atoms with Gasteiger partial charge in [0.25, 0.3) is 0 Å². The van der Waals surface area contributed by atoms with Crippen LogP contribution < -0.4 is 5.73 Å². The molecule has 0 aliphatic carbocycles. The Morgan fingerprint density at radius 1 is 1.60 bits per heavy atom.